The monoisotopic (exact) mass is 272 g/mol. The molecule has 3 rings (SSSR count). The highest BCUT2D eigenvalue weighted by Crippen LogP contribution is 2.25. The third-order valence-electron chi connectivity index (χ3n) is 3.35. The second-order valence-electron chi connectivity index (χ2n) is 4.74. The van der Waals surface area contributed by atoms with Gasteiger partial charge in [-0.15, -0.1) is 0 Å². The number of hydrogen-bond acceptors (Lipinski definition) is 4. The largest absolute Gasteiger partial charge is 0.472 e. The fourth-order valence-electron chi connectivity index (χ4n) is 2.25. The Morgan fingerprint density at radius 2 is 2.25 bits per heavy atom. The molecule has 20 heavy (non-hydrogen) atoms. The summed E-state index contributed by atoms with van der Waals surface area (Å²) < 4.78 is 10.0. The van der Waals surface area contributed by atoms with Crippen LogP contribution in [0.5, 0.6) is 0 Å². The van der Waals surface area contributed by atoms with E-state index in [4.69, 9.17) is 9.15 Å². The van der Waals surface area contributed by atoms with Crippen LogP contribution in [0.2, 0.25) is 0 Å². The van der Waals surface area contributed by atoms with Gasteiger partial charge in [-0.25, -0.2) is 4.79 Å². The lowest BCUT2D eigenvalue weighted by Gasteiger charge is -2.17. The molecule has 1 amide bonds. The minimum absolute atomic E-state index is 0.134. The molecule has 1 atom stereocenters. The minimum Gasteiger partial charge on any atom is -0.472 e. The van der Waals surface area contributed by atoms with E-state index in [9.17, 15) is 4.79 Å². The van der Waals surface area contributed by atoms with Gasteiger partial charge in [-0.1, -0.05) is 6.07 Å². The molecule has 5 heteroatoms. The first-order chi connectivity index (χ1) is 9.74. The average molecular weight is 272 g/mol. The predicted molar refractivity (Wildman–Crippen MR) is 75.9 cm³/mol. The number of rotatable bonds is 4. The van der Waals surface area contributed by atoms with E-state index < -0.39 is 0 Å². The van der Waals surface area contributed by atoms with Crippen molar-refractivity contribution in [2.75, 3.05) is 23.4 Å². The first-order valence-electron chi connectivity index (χ1n) is 6.57. The van der Waals surface area contributed by atoms with E-state index in [1.165, 1.54) is 0 Å². The second-order valence-corrected chi connectivity index (χ2v) is 4.74. The van der Waals surface area contributed by atoms with E-state index >= 15 is 0 Å². The highest BCUT2D eigenvalue weighted by atomic mass is 16.6. The maximum atomic E-state index is 11.6. The van der Waals surface area contributed by atoms with Crippen LogP contribution in [0.15, 0.2) is 47.3 Å². The Morgan fingerprint density at radius 1 is 1.35 bits per heavy atom. The zero-order valence-electron chi connectivity index (χ0n) is 11.2. The van der Waals surface area contributed by atoms with Gasteiger partial charge in [0.25, 0.3) is 0 Å². The number of carbonyl (C=O) groups is 1. The molecule has 1 N–H and O–H groups in total. The Bertz CT molecular complexity index is 595. The van der Waals surface area contributed by atoms with Crippen molar-refractivity contribution in [2.45, 2.75) is 13.0 Å². The molecule has 0 saturated carbocycles. The van der Waals surface area contributed by atoms with E-state index in [-0.39, 0.29) is 12.1 Å². The van der Waals surface area contributed by atoms with Gasteiger partial charge in [0.2, 0.25) is 0 Å². The number of nitrogens with zero attached hydrogens (tertiary/aromatic N) is 1. The summed E-state index contributed by atoms with van der Waals surface area (Å²) >= 11 is 0. The lowest BCUT2D eigenvalue weighted by molar-refractivity contribution is 0.181. The van der Waals surface area contributed by atoms with Gasteiger partial charge in [-0.2, -0.15) is 0 Å². The maximum Gasteiger partial charge on any atom is 0.414 e. The number of nitrogens with one attached hydrogen (secondary N) is 1. The molecule has 0 bridgehead atoms. The molecule has 0 radical (unpaired) electrons. The third kappa shape index (κ3) is 2.47. The summed E-state index contributed by atoms with van der Waals surface area (Å²) in [6, 6.07) is 9.81. The number of cyclic esters (lactones) is 1. The zero-order valence-corrected chi connectivity index (χ0v) is 11.2. The van der Waals surface area contributed by atoms with Crippen molar-refractivity contribution in [1.82, 2.24) is 0 Å². The molecule has 5 nitrogen and oxygen atoms in total. The Kier molecular flexibility index (Phi) is 3.33. The van der Waals surface area contributed by atoms with Crippen LogP contribution in [0.3, 0.4) is 0 Å². The molecule has 1 unspecified atom stereocenters. The van der Waals surface area contributed by atoms with Crippen molar-refractivity contribution in [3.63, 3.8) is 0 Å². The highest BCUT2D eigenvalue weighted by molar-refractivity contribution is 5.89. The van der Waals surface area contributed by atoms with Crippen LogP contribution in [0.4, 0.5) is 16.2 Å². The van der Waals surface area contributed by atoms with E-state index in [2.05, 4.69) is 12.2 Å². The van der Waals surface area contributed by atoms with E-state index in [1.54, 1.807) is 17.4 Å². The van der Waals surface area contributed by atoms with Gasteiger partial charge < -0.3 is 14.5 Å². The van der Waals surface area contributed by atoms with Crippen LogP contribution in [0.25, 0.3) is 0 Å². The van der Waals surface area contributed by atoms with Crippen LogP contribution in [-0.2, 0) is 4.74 Å². The topological polar surface area (TPSA) is 54.7 Å². The van der Waals surface area contributed by atoms with Crippen molar-refractivity contribution in [3.8, 4) is 0 Å². The Hall–Kier alpha value is -2.43. The van der Waals surface area contributed by atoms with Crippen LogP contribution in [-0.4, -0.2) is 19.2 Å². The predicted octanol–water partition coefficient (Wildman–Crippen LogP) is 3.41. The molecule has 2 heterocycles. The van der Waals surface area contributed by atoms with Crippen LogP contribution < -0.4 is 10.2 Å². The summed E-state index contributed by atoms with van der Waals surface area (Å²) in [4.78, 5) is 13.2. The molecule has 0 aliphatic carbocycles. The number of anilines is 2. The smallest absolute Gasteiger partial charge is 0.414 e. The average Bonchev–Trinajstić information content (AvgIpc) is 3.10. The molecular formula is C15H16N2O3. The summed E-state index contributed by atoms with van der Waals surface area (Å²) in [6.45, 7) is 3.10. The number of carbonyl (C=O) groups excluding carboxylic acids is 1. The zero-order chi connectivity index (χ0) is 13.9. The molecule has 1 aromatic carbocycles. The van der Waals surface area contributed by atoms with Gasteiger partial charge >= 0.3 is 6.09 Å². The number of hydrogen-bond donors (Lipinski definition) is 1. The Balaban J connectivity index is 1.76. The van der Waals surface area contributed by atoms with Crippen molar-refractivity contribution < 1.29 is 13.9 Å². The number of ether oxygens (including phenoxy) is 1. The fraction of sp³-hybridized carbons (Fsp3) is 0.267. The highest BCUT2D eigenvalue weighted by Gasteiger charge is 2.23. The van der Waals surface area contributed by atoms with Crippen molar-refractivity contribution in [3.05, 3.63) is 48.4 Å². The van der Waals surface area contributed by atoms with Crippen molar-refractivity contribution in [2.24, 2.45) is 0 Å². The van der Waals surface area contributed by atoms with Crippen LogP contribution in [0, 0.1) is 0 Å². The standard InChI is InChI=1S/C15H16N2O3/c1-11(12-5-7-19-10-12)16-13-3-2-4-14(9-13)17-6-8-20-15(17)18/h2-5,7,9-11,16H,6,8H2,1H3. The number of amides is 1. The maximum absolute atomic E-state index is 11.6. The van der Waals surface area contributed by atoms with Gasteiger partial charge in [0.05, 0.1) is 25.1 Å². The SMILES string of the molecule is CC(Nc1cccc(N2CCOC2=O)c1)c1ccoc1. The second kappa shape index (κ2) is 5.28. The van der Waals surface area contributed by atoms with E-state index in [1.807, 2.05) is 30.3 Å². The summed E-state index contributed by atoms with van der Waals surface area (Å²) in [7, 11) is 0. The molecule has 0 spiro atoms. The summed E-state index contributed by atoms with van der Waals surface area (Å²) in [5.41, 5.74) is 2.88. The molecule has 104 valence electrons. The summed E-state index contributed by atoms with van der Waals surface area (Å²) in [5.74, 6) is 0. The third-order valence-corrected chi connectivity index (χ3v) is 3.35. The molecule has 2 aromatic rings. The van der Waals surface area contributed by atoms with Crippen molar-refractivity contribution in [1.29, 1.82) is 0 Å². The van der Waals surface area contributed by atoms with Crippen LogP contribution in [0.1, 0.15) is 18.5 Å². The molecular weight excluding hydrogens is 256 g/mol. The lowest BCUT2D eigenvalue weighted by atomic mass is 10.1. The van der Waals surface area contributed by atoms with E-state index in [0.717, 1.165) is 16.9 Å². The van der Waals surface area contributed by atoms with Crippen LogP contribution >= 0.6 is 0 Å². The number of benzene rings is 1. The van der Waals surface area contributed by atoms with Gasteiger partial charge in [0.1, 0.15) is 6.61 Å². The fourth-order valence-corrected chi connectivity index (χ4v) is 2.25. The molecule has 1 aliphatic rings. The molecule has 1 aromatic heterocycles. The Labute approximate surface area is 117 Å². The van der Waals surface area contributed by atoms with Gasteiger partial charge in [0, 0.05) is 16.9 Å². The lowest BCUT2D eigenvalue weighted by Crippen LogP contribution is -2.23. The first-order valence-corrected chi connectivity index (χ1v) is 6.57. The normalized spacial score (nSPS) is 16.1. The quantitative estimate of drug-likeness (QED) is 0.926. The van der Waals surface area contributed by atoms with Gasteiger partial charge in [0.15, 0.2) is 0 Å². The Morgan fingerprint density at radius 3 is 2.95 bits per heavy atom. The number of furan rings is 1. The van der Waals surface area contributed by atoms with Gasteiger partial charge in [-0.05, 0) is 31.2 Å². The van der Waals surface area contributed by atoms with Gasteiger partial charge in [-0.3, -0.25) is 4.90 Å². The van der Waals surface area contributed by atoms with Crippen molar-refractivity contribution >= 4 is 17.5 Å². The minimum atomic E-state index is -0.287. The molecule has 1 saturated heterocycles. The molecule has 1 aliphatic heterocycles. The molecule has 1 fully saturated rings. The summed E-state index contributed by atoms with van der Waals surface area (Å²) in [6.07, 6.45) is 3.09. The summed E-state index contributed by atoms with van der Waals surface area (Å²) in [5, 5.41) is 3.38. The van der Waals surface area contributed by atoms with E-state index in [0.29, 0.717) is 13.2 Å². The first kappa shape index (κ1) is 12.6.